The standard InChI is InChI=1S/C12H21N3OS/c1-3-15(9-11-5-4-8-17-11)10(2)6-7-12(16)14-13/h4-5,8,10H,3,6-7,9,13H2,1-2H3,(H,14,16). The zero-order chi connectivity index (χ0) is 12.7. The van der Waals surface area contributed by atoms with E-state index in [0.717, 1.165) is 19.5 Å². The predicted molar refractivity (Wildman–Crippen MR) is 71.4 cm³/mol. The molecule has 3 N–H and O–H groups in total. The molecule has 1 aromatic rings. The second-order valence-electron chi connectivity index (χ2n) is 4.10. The molecule has 0 bridgehead atoms. The van der Waals surface area contributed by atoms with E-state index in [1.807, 2.05) is 0 Å². The SMILES string of the molecule is CCN(Cc1cccs1)C(C)CCC(=O)NN. The van der Waals surface area contributed by atoms with Gasteiger partial charge in [0, 0.05) is 23.9 Å². The molecular formula is C12H21N3OS. The summed E-state index contributed by atoms with van der Waals surface area (Å²) < 4.78 is 0. The fourth-order valence-corrected chi connectivity index (χ4v) is 2.51. The van der Waals surface area contributed by atoms with Crippen molar-refractivity contribution in [3.63, 3.8) is 0 Å². The van der Waals surface area contributed by atoms with Crippen molar-refractivity contribution >= 4 is 17.2 Å². The Morgan fingerprint density at radius 2 is 2.41 bits per heavy atom. The Bertz CT molecular complexity index is 327. The van der Waals surface area contributed by atoms with Crippen molar-refractivity contribution in [1.29, 1.82) is 0 Å². The van der Waals surface area contributed by atoms with Crippen LogP contribution in [0.2, 0.25) is 0 Å². The van der Waals surface area contributed by atoms with Gasteiger partial charge in [0.05, 0.1) is 0 Å². The van der Waals surface area contributed by atoms with E-state index in [-0.39, 0.29) is 5.91 Å². The zero-order valence-corrected chi connectivity index (χ0v) is 11.3. The largest absolute Gasteiger partial charge is 0.296 e. The summed E-state index contributed by atoms with van der Waals surface area (Å²) in [5.41, 5.74) is 2.17. The third kappa shape index (κ3) is 4.85. The van der Waals surface area contributed by atoms with E-state index in [1.165, 1.54) is 4.88 Å². The highest BCUT2D eigenvalue weighted by atomic mass is 32.1. The summed E-state index contributed by atoms with van der Waals surface area (Å²) in [5, 5.41) is 2.09. The molecule has 1 unspecified atom stereocenters. The fraction of sp³-hybridized carbons (Fsp3) is 0.583. The summed E-state index contributed by atoms with van der Waals surface area (Å²) >= 11 is 1.77. The summed E-state index contributed by atoms with van der Waals surface area (Å²) in [6.07, 6.45) is 1.32. The highest BCUT2D eigenvalue weighted by molar-refractivity contribution is 7.09. The molecule has 96 valence electrons. The Morgan fingerprint density at radius 3 is 2.94 bits per heavy atom. The number of nitrogens with one attached hydrogen (secondary N) is 1. The third-order valence-electron chi connectivity index (χ3n) is 2.92. The minimum atomic E-state index is -0.0935. The average Bonchev–Trinajstić information content (AvgIpc) is 2.85. The first-order valence-electron chi connectivity index (χ1n) is 5.93. The summed E-state index contributed by atoms with van der Waals surface area (Å²) in [6.45, 7) is 6.25. The van der Waals surface area contributed by atoms with Crippen LogP contribution in [0.1, 0.15) is 31.6 Å². The Hall–Kier alpha value is -0.910. The Morgan fingerprint density at radius 1 is 1.65 bits per heavy atom. The van der Waals surface area contributed by atoms with E-state index in [0.29, 0.717) is 12.5 Å². The van der Waals surface area contributed by atoms with E-state index in [1.54, 1.807) is 11.3 Å². The van der Waals surface area contributed by atoms with Gasteiger partial charge in [-0.1, -0.05) is 13.0 Å². The molecule has 1 atom stereocenters. The fourth-order valence-electron chi connectivity index (χ4n) is 1.78. The van der Waals surface area contributed by atoms with Crippen molar-refractivity contribution in [2.45, 2.75) is 39.3 Å². The van der Waals surface area contributed by atoms with Gasteiger partial charge < -0.3 is 0 Å². The summed E-state index contributed by atoms with van der Waals surface area (Å²) in [4.78, 5) is 14.8. The average molecular weight is 255 g/mol. The first kappa shape index (κ1) is 14.2. The number of amides is 1. The quantitative estimate of drug-likeness (QED) is 0.443. The van der Waals surface area contributed by atoms with Crippen LogP contribution in [0, 0.1) is 0 Å². The highest BCUT2D eigenvalue weighted by Crippen LogP contribution is 2.15. The normalized spacial score (nSPS) is 12.7. The van der Waals surface area contributed by atoms with Gasteiger partial charge in [-0.15, -0.1) is 11.3 Å². The smallest absolute Gasteiger partial charge is 0.233 e. The van der Waals surface area contributed by atoms with Gasteiger partial charge in [0.25, 0.3) is 0 Å². The number of carbonyl (C=O) groups excluding carboxylic acids is 1. The highest BCUT2D eigenvalue weighted by Gasteiger charge is 2.14. The molecule has 1 heterocycles. The van der Waals surface area contributed by atoms with E-state index in [9.17, 15) is 4.79 Å². The minimum absolute atomic E-state index is 0.0935. The molecule has 0 saturated carbocycles. The van der Waals surface area contributed by atoms with Crippen LogP contribution in [-0.2, 0) is 11.3 Å². The van der Waals surface area contributed by atoms with Gasteiger partial charge in [0.1, 0.15) is 0 Å². The number of thiophene rings is 1. The van der Waals surface area contributed by atoms with Gasteiger partial charge >= 0.3 is 0 Å². The lowest BCUT2D eigenvalue weighted by molar-refractivity contribution is -0.121. The third-order valence-corrected chi connectivity index (χ3v) is 3.78. The van der Waals surface area contributed by atoms with Crippen LogP contribution in [-0.4, -0.2) is 23.4 Å². The number of nitrogens with two attached hydrogens (primary N) is 1. The monoisotopic (exact) mass is 255 g/mol. The van der Waals surface area contributed by atoms with Crippen molar-refractivity contribution in [2.75, 3.05) is 6.54 Å². The Kier molecular flexibility index (Phi) is 6.18. The second-order valence-corrected chi connectivity index (χ2v) is 5.13. The maximum Gasteiger partial charge on any atom is 0.233 e. The van der Waals surface area contributed by atoms with Crippen LogP contribution >= 0.6 is 11.3 Å². The van der Waals surface area contributed by atoms with Crippen molar-refractivity contribution in [3.05, 3.63) is 22.4 Å². The van der Waals surface area contributed by atoms with Crippen molar-refractivity contribution in [1.82, 2.24) is 10.3 Å². The number of hydrogen-bond acceptors (Lipinski definition) is 4. The molecule has 0 aliphatic rings. The van der Waals surface area contributed by atoms with Gasteiger partial charge in [-0.05, 0) is 31.3 Å². The molecule has 17 heavy (non-hydrogen) atoms. The van der Waals surface area contributed by atoms with Crippen LogP contribution in [0.15, 0.2) is 17.5 Å². The summed E-state index contributed by atoms with van der Waals surface area (Å²) in [5.74, 6) is 4.97. The van der Waals surface area contributed by atoms with Gasteiger partial charge in [0.15, 0.2) is 0 Å². The molecule has 0 spiro atoms. The van der Waals surface area contributed by atoms with Crippen LogP contribution in [0.3, 0.4) is 0 Å². The number of hydrazine groups is 1. The number of nitrogens with zero attached hydrogens (tertiary/aromatic N) is 1. The lowest BCUT2D eigenvalue weighted by atomic mass is 10.1. The predicted octanol–water partition coefficient (Wildman–Crippen LogP) is 1.73. The molecule has 1 aromatic heterocycles. The molecule has 0 aliphatic heterocycles. The van der Waals surface area contributed by atoms with E-state index in [2.05, 4.69) is 41.7 Å². The molecular weight excluding hydrogens is 234 g/mol. The molecule has 0 aliphatic carbocycles. The first-order valence-corrected chi connectivity index (χ1v) is 6.81. The lowest BCUT2D eigenvalue weighted by Gasteiger charge is -2.27. The van der Waals surface area contributed by atoms with Crippen molar-refractivity contribution in [2.24, 2.45) is 5.84 Å². The van der Waals surface area contributed by atoms with Gasteiger partial charge in [-0.2, -0.15) is 0 Å². The van der Waals surface area contributed by atoms with Crippen LogP contribution in [0.4, 0.5) is 0 Å². The topological polar surface area (TPSA) is 58.4 Å². The number of rotatable bonds is 7. The number of hydrogen-bond donors (Lipinski definition) is 2. The molecule has 4 nitrogen and oxygen atoms in total. The molecule has 1 rings (SSSR count). The van der Waals surface area contributed by atoms with Crippen molar-refractivity contribution < 1.29 is 4.79 Å². The van der Waals surface area contributed by atoms with E-state index < -0.39 is 0 Å². The Labute approximate surface area is 107 Å². The second kappa shape index (κ2) is 7.42. The zero-order valence-electron chi connectivity index (χ0n) is 10.5. The Balaban J connectivity index is 2.41. The minimum Gasteiger partial charge on any atom is -0.296 e. The molecule has 0 saturated heterocycles. The van der Waals surface area contributed by atoms with Gasteiger partial charge in [0.2, 0.25) is 5.91 Å². The van der Waals surface area contributed by atoms with Crippen molar-refractivity contribution in [3.8, 4) is 0 Å². The summed E-state index contributed by atoms with van der Waals surface area (Å²) in [7, 11) is 0. The van der Waals surface area contributed by atoms with E-state index >= 15 is 0 Å². The number of carbonyl (C=O) groups is 1. The maximum atomic E-state index is 11.1. The van der Waals surface area contributed by atoms with Crippen LogP contribution in [0.25, 0.3) is 0 Å². The summed E-state index contributed by atoms with van der Waals surface area (Å²) in [6, 6.07) is 4.60. The first-order chi connectivity index (χ1) is 8.17. The maximum absolute atomic E-state index is 11.1. The lowest BCUT2D eigenvalue weighted by Crippen LogP contribution is -2.35. The molecule has 0 aromatic carbocycles. The van der Waals surface area contributed by atoms with Crippen LogP contribution in [0.5, 0.6) is 0 Å². The van der Waals surface area contributed by atoms with E-state index in [4.69, 9.17) is 5.84 Å². The van der Waals surface area contributed by atoms with Crippen LogP contribution < -0.4 is 11.3 Å². The van der Waals surface area contributed by atoms with Gasteiger partial charge in [-0.25, -0.2) is 5.84 Å². The van der Waals surface area contributed by atoms with Gasteiger partial charge in [-0.3, -0.25) is 15.1 Å². The molecule has 5 heteroatoms. The molecule has 1 amide bonds. The molecule has 0 fully saturated rings. The molecule has 0 radical (unpaired) electrons.